The van der Waals surface area contributed by atoms with Crippen LogP contribution in [0.4, 0.5) is 0 Å². The molecule has 0 amide bonds. The highest BCUT2D eigenvalue weighted by atomic mass is 35.8. The van der Waals surface area contributed by atoms with Crippen molar-refractivity contribution >= 4 is 50.8 Å². The molecule has 0 aliphatic rings. The van der Waals surface area contributed by atoms with Crippen LogP contribution in [0.2, 0.25) is 11.1 Å². The van der Waals surface area contributed by atoms with Gasteiger partial charge in [-0.05, 0) is 36.6 Å². The molecular weight excluding hydrogens is 278 g/mol. The SMILES string of the molecule is Cc1cc(CC[Si](Cl)(Cl)Cl)ccc1Cl. The third-order valence-corrected chi connectivity index (χ3v) is 4.86. The van der Waals surface area contributed by atoms with Gasteiger partial charge in [0.15, 0.2) is 0 Å². The monoisotopic (exact) mass is 286 g/mol. The normalized spacial score (nSPS) is 11.8. The van der Waals surface area contributed by atoms with Gasteiger partial charge in [-0.3, -0.25) is 0 Å². The quantitative estimate of drug-likeness (QED) is 0.551. The number of hydrogen-bond acceptors (Lipinski definition) is 0. The van der Waals surface area contributed by atoms with Crippen LogP contribution in [0.3, 0.4) is 0 Å². The predicted octanol–water partition coefficient (Wildman–Crippen LogP) is 4.85. The van der Waals surface area contributed by atoms with Crippen LogP contribution in [-0.4, -0.2) is 6.00 Å². The smallest absolute Gasteiger partial charge is 0.126 e. The molecule has 0 bridgehead atoms. The maximum Gasteiger partial charge on any atom is 0.341 e. The zero-order chi connectivity index (χ0) is 10.8. The summed E-state index contributed by atoms with van der Waals surface area (Å²) in [6.45, 7) is 1.97. The lowest BCUT2D eigenvalue weighted by atomic mass is 10.1. The molecule has 0 saturated carbocycles. The van der Waals surface area contributed by atoms with E-state index in [1.54, 1.807) is 0 Å². The Morgan fingerprint density at radius 1 is 1.21 bits per heavy atom. The summed E-state index contributed by atoms with van der Waals surface area (Å²) < 4.78 is 0. The molecule has 78 valence electrons. The molecular formula is C9H10Cl4Si. The van der Waals surface area contributed by atoms with Crippen molar-refractivity contribution in [3.05, 3.63) is 34.3 Å². The second-order valence-corrected chi connectivity index (χ2v) is 12.9. The van der Waals surface area contributed by atoms with Gasteiger partial charge in [-0.25, -0.2) is 0 Å². The van der Waals surface area contributed by atoms with Crippen molar-refractivity contribution in [1.82, 2.24) is 0 Å². The summed E-state index contributed by atoms with van der Waals surface area (Å²) in [6, 6.07) is 4.05. The molecule has 0 aliphatic heterocycles. The van der Waals surface area contributed by atoms with E-state index in [0.717, 1.165) is 17.0 Å². The first kappa shape index (κ1) is 12.7. The molecule has 0 atom stereocenters. The van der Waals surface area contributed by atoms with Crippen molar-refractivity contribution in [3.8, 4) is 0 Å². The van der Waals surface area contributed by atoms with Crippen LogP contribution in [0, 0.1) is 6.92 Å². The van der Waals surface area contributed by atoms with E-state index >= 15 is 0 Å². The Morgan fingerprint density at radius 2 is 1.86 bits per heavy atom. The Bertz CT molecular complexity index is 319. The minimum absolute atomic E-state index is 0.652. The highest BCUT2D eigenvalue weighted by Gasteiger charge is 2.24. The Labute approximate surface area is 104 Å². The fraction of sp³-hybridized carbons (Fsp3) is 0.333. The molecule has 0 heterocycles. The van der Waals surface area contributed by atoms with E-state index in [9.17, 15) is 0 Å². The molecule has 1 aromatic rings. The Morgan fingerprint density at radius 3 is 2.36 bits per heavy atom. The van der Waals surface area contributed by atoms with Crippen LogP contribution >= 0.6 is 44.8 Å². The van der Waals surface area contributed by atoms with E-state index < -0.39 is 6.00 Å². The van der Waals surface area contributed by atoms with Gasteiger partial charge < -0.3 is 0 Å². The van der Waals surface area contributed by atoms with Crippen LogP contribution in [0.1, 0.15) is 11.1 Å². The van der Waals surface area contributed by atoms with Crippen LogP contribution in [0.15, 0.2) is 18.2 Å². The maximum absolute atomic E-state index is 5.90. The first-order valence-corrected chi connectivity index (χ1v) is 9.82. The van der Waals surface area contributed by atoms with E-state index in [1.165, 1.54) is 5.56 Å². The highest BCUT2D eigenvalue weighted by Crippen LogP contribution is 2.27. The molecule has 0 saturated heterocycles. The summed E-state index contributed by atoms with van der Waals surface area (Å²) in [5.41, 5.74) is 2.24. The van der Waals surface area contributed by atoms with Gasteiger partial charge in [0.2, 0.25) is 0 Å². The second-order valence-electron chi connectivity index (χ2n) is 3.20. The lowest BCUT2D eigenvalue weighted by Gasteiger charge is -2.08. The number of hydrogen-bond donors (Lipinski definition) is 0. The Balaban J connectivity index is 2.65. The summed E-state index contributed by atoms with van der Waals surface area (Å²) in [5.74, 6) is 0. The molecule has 1 rings (SSSR count). The third kappa shape index (κ3) is 4.41. The molecule has 0 nitrogen and oxygen atoms in total. The fourth-order valence-electron chi connectivity index (χ4n) is 1.15. The predicted molar refractivity (Wildman–Crippen MR) is 68.0 cm³/mol. The summed E-state index contributed by atoms with van der Waals surface area (Å²) in [5, 5.41) is 0.778. The lowest BCUT2D eigenvalue weighted by molar-refractivity contribution is 1.12. The minimum atomic E-state index is -2.49. The third-order valence-electron chi connectivity index (χ3n) is 1.92. The molecule has 5 heteroatoms. The molecule has 0 aliphatic carbocycles. The first-order chi connectivity index (χ1) is 6.38. The van der Waals surface area contributed by atoms with Crippen molar-refractivity contribution in [2.24, 2.45) is 0 Å². The van der Waals surface area contributed by atoms with Gasteiger partial charge in [0.05, 0.1) is 0 Å². The van der Waals surface area contributed by atoms with E-state index in [-0.39, 0.29) is 0 Å². The van der Waals surface area contributed by atoms with E-state index in [4.69, 9.17) is 44.8 Å². The van der Waals surface area contributed by atoms with Crippen molar-refractivity contribution in [2.45, 2.75) is 19.4 Å². The average Bonchev–Trinajstić information content (AvgIpc) is 2.06. The molecule has 0 N–H and O–H groups in total. The van der Waals surface area contributed by atoms with Crippen LogP contribution in [0.25, 0.3) is 0 Å². The summed E-state index contributed by atoms with van der Waals surface area (Å²) >= 11 is 23.3. The zero-order valence-corrected chi connectivity index (χ0v) is 11.7. The van der Waals surface area contributed by atoms with Gasteiger partial charge >= 0.3 is 6.00 Å². The maximum atomic E-state index is 5.90. The number of halogens is 4. The van der Waals surface area contributed by atoms with Gasteiger partial charge in [0.1, 0.15) is 0 Å². The number of aryl methyl sites for hydroxylation is 2. The van der Waals surface area contributed by atoms with Crippen molar-refractivity contribution < 1.29 is 0 Å². The molecule has 0 radical (unpaired) electrons. The molecule has 0 fully saturated rings. The Kier molecular flexibility index (Phi) is 4.60. The standard InChI is InChI=1S/C9H10Cl4Si/c1-7-6-8(2-3-9(7)10)4-5-14(11,12)13/h2-3,6H,4-5H2,1H3. The van der Waals surface area contributed by atoms with Gasteiger partial charge in [0, 0.05) is 5.02 Å². The van der Waals surface area contributed by atoms with Gasteiger partial charge in [-0.1, -0.05) is 23.7 Å². The van der Waals surface area contributed by atoms with E-state index in [0.29, 0.717) is 6.04 Å². The van der Waals surface area contributed by atoms with E-state index in [1.807, 2.05) is 25.1 Å². The lowest BCUT2D eigenvalue weighted by Crippen LogP contribution is -2.09. The van der Waals surface area contributed by atoms with Gasteiger partial charge in [0.25, 0.3) is 0 Å². The largest absolute Gasteiger partial charge is 0.341 e. The van der Waals surface area contributed by atoms with Crippen LogP contribution in [0.5, 0.6) is 0 Å². The van der Waals surface area contributed by atoms with Crippen molar-refractivity contribution in [2.75, 3.05) is 0 Å². The first-order valence-electron chi connectivity index (χ1n) is 4.20. The summed E-state index contributed by atoms with van der Waals surface area (Å²) in [6.07, 6.45) is 0.806. The topological polar surface area (TPSA) is 0 Å². The van der Waals surface area contributed by atoms with Gasteiger partial charge in [-0.2, -0.15) is 0 Å². The van der Waals surface area contributed by atoms with Gasteiger partial charge in [-0.15, -0.1) is 33.2 Å². The van der Waals surface area contributed by atoms with E-state index in [2.05, 4.69) is 0 Å². The summed E-state index contributed by atoms with van der Waals surface area (Å²) in [7, 11) is 0. The second kappa shape index (κ2) is 5.09. The van der Waals surface area contributed by atoms with Crippen LogP contribution in [-0.2, 0) is 6.42 Å². The Hall–Kier alpha value is 0.597. The molecule has 0 unspecified atom stereocenters. The average molecular weight is 288 g/mol. The molecule has 0 spiro atoms. The number of benzene rings is 1. The molecule has 0 aromatic heterocycles. The molecule has 1 aromatic carbocycles. The zero-order valence-electron chi connectivity index (χ0n) is 7.66. The minimum Gasteiger partial charge on any atom is -0.126 e. The highest BCUT2D eigenvalue weighted by molar-refractivity contribution is 7.64. The van der Waals surface area contributed by atoms with Crippen LogP contribution < -0.4 is 0 Å². The fourth-order valence-corrected chi connectivity index (χ4v) is 2.69. The van der Waals surface area contributed by atoms with Crippen molar-refractivity contribution in [3.63, 3.8) is 0 Å². The molecule has 14 heavy (non-hydrogen) atoms. The summed E-state index contributed by atoms with van der Waals surface area (Å²) in [4.78, 5) is 0. The van der Waals surface area contributed by atoms with Crippen molar-refractivity contribution in [1.29, 1.82) is 0 Å². The number of rotatable bonds is 3.